The normalized spacial score (nSPS) is 13.3. The number of para-hydroxylation sites is 1. The van der Waals surface area contributed by atoms with Crippen molar-refractivity contribution in [1.29, 1.82) is 0 Å². The standard InChI is InChI=1S/C18H25N3O4/c1-4-12(2)14(11-22)19-16(23)9-10-17-20-18(21-25-17)13-7-5-6-8-15(13)24-3/h5-8,12,14,22H,4,9-11H2,1-3H3,(H,19,23). The van der Waals surface area contributed by atoms with Gasteiger partial charge in [-0.3, -0.25) is 4.79 Å². The predicted molar refractivity (Wildman–Crippen MR) is 93.1 cm³/mol. The van der Waals surface area contributed by atoms with E-state index >= 15 is 0 Å². The average molecular weight is 347 g/mol. The Morgan fingerprint density at radius 3 is 2.84 bits per heavy atom. The molecule has 0 aliphatic rings. The van der Waals surface area contributed by atoms with Crippen LogP contribution in [0.5, 0.6) is 5.75 Å². The summed E-state index contributed by atoms with van der Waals surface area (Å²) >= 11 is 0. The molecule has 0 fully saturated rings. The molecule has 2 N–H and O–H groups in total. The van der Waals surface area contributed by atoms with E-state index in [0.29, 0.717) is 23.9 Å². The molecule has 0 bridgehead atoms. The minimum absolute atomic E-state index is 0.0702. The Morgan fingerprint density at radius 1 is 1.40 bits per heavy atom. The number of amides is 1. The molecule has 1 aromatic carbocycles. The van der Waals surface area contributed by atoms with Crippen molar-refractivity contribution in [1.82, 2.24) is 15.5 Å². The summed E-state index contributed by atoms with van der Waals surface area (Å²) in [4.78, 5) is 16.4. The number of aromatic nitrogens is 2. The van der Waals surface area contributed by atoms with Gasteiger partial charge in [0.25, 0.3) is 0 Å². The zero-order valence-electron chi connectivity index (χ0n) is 14.9. The largest absolute Gasteiger partial charge is 0.496 e. The highest BCUT2D eigenvalue weighted by Crippen LogP contribution is 2.27. The van der Waals surface area contributed by atoms with Gasteiger partial charge in [-0.2, -0.15) is 4.98 Å². The SMILES string of the molecule is CCC(C)C(CO)NC(=O)CCc1nc(-c2ccccc2OC)no1. The van der Waals surface area contributed by atoms with Gasteiger partial charge in [0.05, 0.1) is 25.3 Å². The third kappa shape index (κ3) is 5.03. The van der Waals surface area contributed by atoms with E-state index in [1.807, 2.05) is 38.1 Å². The van der Waals surface area contributed by atoms with Crippen LogP contribution in [0, 0.1) is 5.92 Å². The van der Waals surface area contributed by atoms with Crippen LogP contribution in [0.3, 0.4) is 0 Å². The van der Waals surface area contributed by atoms with Gasteiger partial charge in [0.15, 0.2) is 0 Å². The molecule has 1 heterocycles. The molecule has 2 unspecified atom stereocenters. The van der Waals surface area contributed by atoms with Crippen LogP contribution in [0.15, 0.2) is 28.8 Å². The first-order valence-electron chi connectivity index (χ1n) is 8.45. The fraction of sp³-hybridized carbons (Fsp3) is 0.500. The summed E-state index contributed by atoms with van der Waals surface area (Å²) < 4.78 is 10.5. The van der Waals surface area contributed by atoms with Gasteiger partial charge >= 0.3 is 0 Å². The fourth-order valence-electron chi connectivity index (χ4n) is 2.45. The summed E-state index contributed by atoms with van der Waals surface area (Å²) in [6.07, 6.45) is 1.45. The Labute approximate surface area is 147 Å². The Hall–Kier alpha value is -2.41. The van der Waals surface area contributed by atoms with Gasteiger partial charge in [0, 0.05) is 12.8 Å². The lowest BCUT2D eigenvalue weighted by Crippen LogP contribution is -2.41. The monoisotopic (exact) mass is 347 g/mol. The van der Waals surface area contributed by atoms with E-state index in [1.54, 1.807) is 7.11 Å². The number of aryl methyl sites for hydroxylation is 1. The van der Waals surface area contributed by atoms with Crippen LogP contribution >= 0.6 is 0 Å². The molecule has 0 spiro atoms. The summed E-state index contributed by atoms with van der Waals surface area (Å²) in [6, 6.07) is 7.17. The molecule has 1 aromatic heterocycles. The molecule has 0 saturated carbocycles. The van der Waals surface area contributed by atoms with E-state index in [2.05, 4.69) is 15.5 Å². The van der Waals surface area contributed by atoms with Gasteiger partial charge in [-0.15, -0.1) is 0 Å². The molecule has 2 rings (SSSR count). The number of rotatable bonds is 9. The molecular weight excluding hydrogens is 322 g/mol. The van der Waals surface area contributed by atoms with E-state index in [4.69, 9.17) is 9.26 Å². The van der Waals surface area contributed by atoms with Crippen LogP contribution in [0.2, 0.25) is 0 Å². The van der Waals surface area contributed by atoms with Crippen molar-refractivity contribution in [3.8, 4) is 17.1 Å². The van der Waals surface area contributed by atoms with Gasteiger partial charge in [0.2, 0.25) is 17.6 Å². The lowest BCUT2D eigenvalue weighted by atomic mass is 10.00. The number of nitrogens with one attached hydrogen (secondary N) is 1. The molecule has 0 saturated heterocycles. The summed E-state index contributed by atoms with van der Waals surface area (Å²) in [5.74, 6) is 1.55. The minimum atomic E-state index is -0.232. The number of hydrogen-bond donors (Lipinski definition) is 2. The highest BCUT2D eigenvalue weighted by atomic mass is 16.5. The van der Waals surface area contributed by atoms with Gasteiger partial charge in [-0.05, 0) is 18.1 Å². The van der Waals surface area contributed by atoms with Crippen molar-refractivity contribution < 1.29 is 19.2 Å². The number of nitrogens with zero attached hydrogens (tertiary/aromatic N) is 2. The quantitative estimate of drug-likeness (QED) is 0.722. The minimum Gasteiger partial charge on any atom is -0.496 e. The molecule has 2 aromatic rings. The second-order valence-electron chi connectivity index (χ2n) is 5.95. The molecule has 1 amide bonds. The highest BCUT2D eigenvalue weighted by molar-refractivity contribution is 5.76. The maximum Gasteiger partial charge on any atom is 0.227 e. The molecule has 7 heteroatoms. The second kappa shape index (κ2) is 9.17. The zero-order valence-corrected chi connectivity index (χ0v) is 14.9. The van der Waals surface area contributed by atoms with Crippen LogP contribution in [0.1, 0.15) is 32.6 Å². The van der Waals surface area contributed by atoms with Crippen LogP contribution < -0.4 is 10.1 Å². The molecule has 0 aliphatic carbocycles. The van der Waals surface area contributed by atoms with E-state index in [0.717, 1.165) is 12.0 Å². The summed E-state index contributed by atoms with van der Waals surface area (Å²) in [6.45, 7) is 3.95. The average Bonchev–Trinajstić information content (AvgIpc) is 3.12. The van der Waals surface area contributed by atoms with Crippen molar-refractivity contribution >= 4 is 5.91 Å². The smallest absolute Gasteiger partial charge is 0.227 e. The Kier molecular flexibility index (Phi) is 6.94. The topological polar surface area (TPSA) is 97.5 Å². The summed E-state index contributed by atoms with van der Waals surface area (Å²) in [5, 5.41) is 16.2. The van der Waals surface area contributed by atoms with Crippen molar-refractivity contribution in [2.45, 2.75) is 39.2 Å². The first-order valence-corrected chi connectivity index (χ1v) is 8.45. The number of hydrogen-bond acceptors (Lipinski definition) is 6. The van der Waals surface area contributed by atoms with Crippen molar-refractivity contribution in [2.24, 2.45) is 5.92 Å². The van der Waals surface area contributed by atoms with Gasteiger partial charge in [-0.1, -0.05) is 37.6 Å². The molecule has 136 valence electrons. The Bertz CT molecular complexity index is 686. The summed E-state index contributed by atoms with van der Waals surface area (Å²) in [7, 11) is 1.58. The van der Waals surface area contributed by atoms with Crippen LogP contribution in [0.4, 0.5) is 0 Å². The number of carbonyl (C=O) groups is 1. The molecule has 0 aliphatic heterocycles. The van der Waals surface area contributed by atoms with E-state index in [1.165, 1.54) is 0 Å². The third-order valence-corrected chi connectivity index (χ3v) is 4.26. The molecule has 0 radical (unpaired) electrons. The number of aliphatic hydroxyl groups is 1. The lowest BCUT2D eigenvalue weighted by Gasteiger charge is -2.21. The third-order valence-electron chi connectivity index (χ3n) is 4.26. The molecule has 7 nitrogen and oxygen atoms in total. The fourth-order valence-corrected chi connectivity index (χ4v) is 2.45. The summed E-state index contributed by atoms with van der Waals surface area (Å²) in [5.41, 5.74) is 0.738. The zero-order chi connectivity index (χ0) is 18.2. The maximum absolute atomic E-state index is 12.1. The molecular formula is C18H25N3O4. The van der Waals surface area contributed by atoms with Crippen molar-refractivity contribution in [3.05, 3.63) is 30.2 Å². The molecule has 2 atom stereocenters. The number of benzene rings is 1. The number of methoxy groups -OCH3 is 1. The van der Waals surface area contributed by atoms with Gasteiger partial charge in [-0.25, -0.2) is 0 Å². The van der Waals surface area contributed by atoms with Gasteiger partial charge in [0.1, 0.15) is 5.75 Å². The number of aliphatic hydroxyl groups excluding tert-OH is 1. The number of carbonyl (C=O) groups excluding carboxylic acids is 1. The van der Waals surface area contributed by atoms with Crippen molar-refractivity contribution in [2.75, 3.05) is 13.7 Å². The van der Waals surface area contributed by atoms with Crippen LogP contribution in [-0.4, -0.2) is 40.9 Å². The lowest BCUT2D eigenvalue weighted by molar-refractivity contribution is -0.122. The first-order chi connectivity index (χ1) is 12.1. The maximum atomic E-state index is 12.1. The van der Waals surface area contributed by atoms with E-state index < -0.39 is 0 Å². The predicted octanol–water partition coefficient (Wildman–Crippen LogP) is 2.20. The number of ether oxygens (including phenoxy) is 1. The van der Waals surface area contributed by atoms with Crippen LogP contribution in [0.25, 0.3) is 11.4 Å². The Balaban J connectivity index is 1.94. The first kappa shape index (κ1) is 18.9. The van der Waals surface area contributed by atoms with Gasteiger partial charge < -0.3 is 19.7 Å². The molecule has 25 heavy (non-hydrogen) atoms. The second-order valence-corrected chi connectivity index (χ2v) is 5.95. The van der Waals surface area contributed by atoms with Crippen molar-refractivity contribution in [3.63, 3.8) is 0 Å². The Morgan fingerprint density at radius 2 is 2.16 bits per heavy atom. The van der Waals surface area contributed by atoms with E-state index in [-0.39, 0.29) is 30.9 Å². The van der Waals surface area contributed by atoms with E-state index in [9.17, 15) is 9.90 Å². The van der Waals surface area contributed by atoms with Crippen LogP contribution in [-0.2, 0) is 11.2 Å². The highest BCUT2D eigenvalue weighted by Gasteiger charge is 2.18.